The second-order valence-corrected chi connectivity index (χ2v) is 5.54. The van der Waals surface area contributed by atoms with Gasteiger partial charge in [0.1, 0.15) is 12.4 Å². The summed E-state index contributed by atoms with van der Waals surface area (Å²) in [5.41, 5.74) is 2.07. The molecule has 1 heterocycles. The average Bonchev–Trinajstić information content (AvgIpc) is 3.22. The summed E-state index contributed by atoms with van der Waals surface area (Å²) < 4.78 is 6.29. The van der Waals surface area contributed by atoms with Crippen LogP contribution in [0.3, 0.4) is 0 Å². The summed E-state index contributed by atoms with van der Waals surface area (Å²) in [5, 5.41) is 13.6. The van der Waals surface area contributed by atoms with E-state index in [1.165, 1.54) is 18.1 Å². The Bertz CT molecular complexity index is 864. The molecule has 8 heteroatoms. The van der Waals surface area contributed by atoms with Crippen LogP contribution in [0.15, 0.2) is 60.9 Å². The van der Waals surface area contributed by atoms with E-state index in [4.69, 9.17) is 4.74 Å². The second kappa shape index (κ2) is 8.02. The summed E-state index contributed by atoms with van der Waals surface area (Å²) >= 11 is 0. The number of nitrogens with one attached hydrogen (secondary N) is 1. The van der Waals surface area contributed by atoms with Crippen LogP contribution >= 0.6 is 0 Å². The molecule has 1 atom stereocenters. The number of methoxy groups -OCH3 is 1. The number of rotatable bonds is 6. The summed E-state index contributed by atoms with van der Waals surface area (Å²) in [6.07, 6.45) is 1.81. The van der Waals surface area contributed by atoms with Crippen molar-refractivity contribution in [3.63, 3.8) is 0 Å². The molecule has 8 nitrogen and oxygen atoms in total. The third-order valence-corrected chi connectivity index (χ3v) is 3.82. The van der Waals surface area contributed by atoms with Crippen molar-refractivity contribution < 1.29 is 14.3 Å². The number of hydrogen-bond acceptors (Lipinski definition) is 6. The quantitative estimate of drug-likeness (QED) is 0.670. The van der Waals surface area contributed by atoms with Crippen molar-refractivity contribution in [1.82, 2.24) is 25.5 Å². The van der Waals surface area contributed by atoms with E-state index in [1.54, 1.807) is 24.3 Å². The molecule has 0 fully saturated rings. The van der Waals surface area contributed by atoms with Gasteiger partial charge in [-0.1, -0.05) is 30.3 Å². The standard InChI is InChI=1S/C18H17N5O3/c1-26-18(25)16(11-13-5-3-2-4-6-13)20-17(24)14-7-9-15(10-8-14)23-12-19-21-22-23/h2-10,12,16H,11H2,1H3,(H,20,24)/t16-/m0/s1. The number of nitrogens with zero attached hydrogens (tertiary/aromatic N) is 4. The topological polar surface area (TPSA) is 99.0 Å². The molecule has 0 saturated carbocycles. The Morgan fingerprint density at radius 2 is 1.85 bits per heavy atom. The molecular formula is C18H17N5O3. The zero-order valence-electron chi connectivity index (χ0n) is 14.1. The Hall–Kier alpha value is -3.55. The summed E-state index contributed by atoms with van der Waals surface area (Å²) in [6, 6.07) is 15.4. The minimum Gasteiger partial charge on any atom is -0.467 e. The number of ether oxygens (including phenoxy) is 1. The number of benzene rings is 2. The van der Waals surface area contributed by atoms with E-state index in [0.29, 0.717) is 12.0 Å². The first-order valence-corrected chi connectivity index (χ1v) is 7.93. The number of esters is 1. The lowest BCUT2D eigenvalue weighted by molar-refractivity contribution is -0.142. The fourth-order valence-corrected chi connectivity index (χ4v) is 2.47. The van der Waals surface area contributed by atoms with Gasteiger partial charge >= 0.3 is 5.97 Å². The second-order valence-electron chi connectivity index (χ2n) is 5.54. The Morgan fingerprint density at radius 3 is 2.46 bits per heavy atom. The van der Waals surface area contributed by atoms with Gasteiger partial charge in [0, 0.05) is 12.0 Å². The molecule has 0 spiro atoms. The molecule has 1 amide bonds. The lowest BCUT2D eigenvalue weighted by atomic mass is 10.1. The molecule has 2 aromatic carbocycles. The van der Waals surface area contributed by atoms with Crippen LogP contribution in [-0.2, 0) is 16.0 Å². The highest BCUT2D eigenvalue weighted by molar-refractivity contribution is 5.97. The molecule has 132 valence electrons. The van der Waals surface area contributed by atoms with E-state index in [-0.39, 0.29) is 5.91 Å². The highest BCUT2D eigenvalue weighted by Gasteiger charge is 2.22. The maximum absolute atomic E-state index is 12.5. The number of amides is 1. The number of tetrazole rings is 1. The largest absolute Gasteiger partial charge is 0.467 e. The molecular weight excluding hydrogens is 334 g/mol. The molecule has 0 bridgehead atoms. The maximum atomic E-state index is 12.5. The van der Waals surface area contributed by atoms with Crippen molar-refractivity contribution in [1.29, 1.82) is 0 Å². The zero-order valence-corrected chi connectivity index (χ0v) is 14.1. The summed E-state index contributed by atoms with van der Waals surface area (Å²) in [4.78, 5) is 24.5. The van der Waals surface area contributed by atoms with Crippen LogP contribution in [0.4, 0.5) is 0 Å². The summed E-state index contributed by atoms with van der Waals surface area (Å²) in [7, 11) is 1.30. The van der Waals surface area contributed by atoms with Gasteiger partial charge in [-0.05, 0) is 40.3 Å². The predicted octanol–water partition coefficient (Wildman–Crippen LogP) is 1.18. The first-order chi connectivity index (χ1) is 12.7. The first-order valence-electron chi connectivity index (χ1n) is 7.93. The monoisotopic (exact) mass is 351 g/mol. The smallest absolute Gasteiger partial charge is 0.328 e. The van der Waals surface area contributed by atoms with Crippen LogP contribution < -0.4 is 5.32 Å². The van der Waals surface area contributed by atoms with E-state index in [9.17, 15) is 9.59 Å². The predicted molar refractivity (Wildman–Crippen MR) is 92.6 cm³/mol. The van der Waals surface area contributed by atoms with Crippen molar-refractivity contribution in [3.05, 3.63) is 72.1 Å². The lowest BCUT2D eigenvalue weighted by Crippen LogP contribution is -2.43. The van der Waals surface area contributed by atoms with Crippen LogP contribution in [0.2, 0.25) is 0 Å². The number of carbonyl (C=O) groups is 2. The highest BCUT2D eigenvalue weighted by Crippen LogP contribution is 2.10. The average molecular weight is 351 g/mol. The molecule has 3 rings (SSSR count). The highest BCUT2D eigenvalue weighted by atomic mass is 16.5. The van der Waals surface area contributed by atoms with E-state index in [2.05, 4.69) is 20.8 Å². The van der Waals surface area contributed by atoms with Crippen LogP contribution in [0.1, 0.15) is 15.9 Å². The Labute approximate surface area is 149 Å². The van der Waals surface area contributed by atoms with Gasteiger partial charge in [0.15, 0.2) is 0 Å². The molecule has 0 aliphatic carbocycles. The van der Waals surface area contributed by atoms with E-state index < -0.39 is 12.0 Å². The van der Waals surface area contributed by atoms with Gasteiger partial charge in [-0.25, -0.2) is 9.48 Å². The number of carbonyl (C=O) groups excluding carboxylic acids is 2. The molecule has 0 radical (unpaired) electrons. The van der Waals surface area contributed by atoms with Crippen LogP contribution in [-0.4, -0.2) is 45.2 Å². The molecule has 0 aliphatic rings. The van der Waals surface area contributed by atoms with Gasteiger partial charge in [-0.15, -0.1) is 5.10 Å². The Kier molecular flexibility index (Phi) is 5.33. The molecule has 1 N–H and O–H groups in total. The normalized spacial score (nSPS) is 11.6. The zero-order chi connectivity index (χ0) is 18.4. The minimum absolute atomic E-state index is 0.349. The molecule has 26 heavy (non-hydrogen) atoms. The number of aromatic nitrogens is 4. The van der Waals surface area contributed by atoms with Crippen molar-refractivity contribution >= 4 is 11.9 Å². The first kappa shape index (κ1) is 17.3. The van der Waals surface area contributed by atoms with Crippen molar-refractivity contribution in [3.8, 4) is 5.69 Å². The Balaban J connectivity index is 1.71. The molecule has 0 unspecified atom stereocenters. The van der Waals surface area contributed by atoms with Crippen LogP contribution in [0.25, 0.3) is 5.69 Å². The fourth-order valence-electron chi connectivity index (χ4n) is 2.47. The minimum atomic E-state index is -0.769. The lowest BCUT2D eigenvalue weighted by Gasteiger charge is -2.16. The fraction of sp³-hybridized carbons (Fsp3) is 0.167. The van der Waals surface area contributed by atoms with Gasteiger partial charge in [-0.2, -0.15) is 0 Å². The van der Waals surface area contributed by atoms with Crippen molar-refractivity contribution in [2.75, 3.05) is 7.11 Å². The van der Waals surface area contributed by atoms with Crippen LogP contribution in [0.5, 0.6) is 0 Å². The van der Waals surface area contributed by atoms with E-state index in [0.717, 1.165) is 11.3 Å². The SMILES string of the molecule is COC(=O)[C@H](Cc1ccccc1)NC(=O)c1ccc(-n2cnnn2)cc1. The molecule has 0 saturated heterocycles. The van der Waals surface area contributed by atoms with Crippen LogP contribution in [0, 0.1) is 0 Å². The summed E-state index contributed by atoms with van der Waals surface area (Å²) in [6.45, 7) is 0. The van der Waals surface area contributed by atoms with Gasteiger partial charge in [0.05, 0.1) is 12.8 Å². The number of hydrogen-bond donors (Lipinski definition) is 1. The van der Waals surface area contributed by atoms with Gasteiger partial charge in [0.2, 0.25) is 0 Å². The van der Waals surface area contributed by atoms with E-state index >= 15 is 0 Å². The molecule has 1 aromatic heterocycles. The third-order valence-electron chi connectivity index (χ3n) is 3.82. The van der Waals surface area contributed by atoms with Crippen molar-refractivity contribution in [2.45, 2.75) is 12.5 Å². The molecule has 3 aromatic rings. The van der Waals surface area contributed by atoms with Gasteiger partial charge in [0.25, 0.3) is 5.91 Å². The van der Waals surface area contributed by atoms with Crippen molar-refractivity contribution in [2.24, 2.45) is 0 Å². The van der Waals surface area contributed by atoms with Gasteiger partial charge < -0.3 is 10.1 Å². The summed E-state index contributed by atoms with van der Waals surface area (Å²) in [5.74, 6) is -0.855. The third kappa shape index (κ3) is 4.10. The van der Waals surface area contributed by atoms with Gasteiger partial charge in [-0.3, -0.25) is 4.79 Å². The maximum Gasteiger partial charge on any atom is 0.328 e. The Morgan fingerprint density at radius 1 is 1.12 bits per heavy atom. The molecule has 0 aliphatic heterocycles. The van der Waals surface area contributed by atoms with E-state index in [1.807, 2.05) is 30.3 Å².